The molecule has 0 fully saturated rings. The Morgan fingerprint density at radius 2 is 2.00 bits per heavy atom. The first-order valence-electron chi connectivity index (χ1n) is 6.26. The van der Waals surface area contributed by atoms with E-state index in [2.05, 4.69) is 59.7 Å². The Morgan fingerprint density at radius 1 is 1.33 bits per heavy atom. The standard InChI is InChI=1S/C14H23N3S/c1-5-10-16-14(15-2)17(3)11-12-6-8-13(18-4)9-7-12/h6-9H,5,10-11H2,1-4H3,(H,15,16). The van der Waals surface area contributed by atoms with E-state index in [0.29, 0.717) is 0 Å². The van der Waals surface area contributed by atoms with Gasteiger partial charge in [-0.1, -0.05) is 19.1 Å². The molecule has 1 N–H and O–H groups in total. The number of thioether (sulfide) groups is 1. The highest BCUT2D eigenvalue weighted by Gasteiger charge is 2.05. The number of hydrogen-bond donors (Lipinski definition) is 1. The van der Waals surface area contributed by atoms with Gasteiger partial charge in [-0.2, -0.15) is 0 Å². The fourth-order valence-corrected chi connectivity index (χ4v) is 2.11. The number of rotatable bonds is 5. The summed E-state index contributed by atoms with van der Waals surface area (Å²) in [6.07, 6.45) is 3.20. The summed E-state index contributed by atoms with van der Waals surface area (Å²) in [5.41, 5.74) is 1.30. The minimum absolute atomic E-state index is 0.873. The zero-order chi connectivity index (χ0) is 13.4. The van der Waals surface area contributed by atoms with Crippen LogP contribution < -0.4 is 5.32 Å². The molecule has 3 nitrogen and oxygen atoms in total. The molecule has 1 aromatic carbocycles. The summed E-state index contributed by atoms with van der Waals surface area (Å²) in [6.45, 7) is 3.99. The van der Waals surface area contributed by atoms with Crippen LogP contribution in [-0.2, 0) is 6.54 Å². The minimum Gasteiger partial charge on any atom is -0.356 e. The molecule has 0 amide bonds. The molecule has 0 aromatic heterocycles. The van der Waals surface area contributed by atoms with E-state index in [1.54, 1.807) is 11.8 Å². The molecule has 0 unspecified atom stereocenters. The Balaban J connectivity index is 2.58. The molecule has 0 atom stereocenters. The molecule has 18 heavy (non-hydrogen) atoms. The van der Waals surface area contributed by atoms with E-state index < -0.39 is 0 Å². The molecule has 0 aliphatic carbocycles. The smallest absolute Gasteiger partial charge is 0.193 e. The minimum atomic E-state index is 0.873. The fourth-order valence-electron chi connectivity index (χ4n) is 1.70. The van der Waals surface area contributed by atoms with Crippen LogP contribution in [0.3, 0.4) is 0 Å². The number of benzene rings is 1. The second kappa shape index (κ2) is 8.03. The molecule has 4 heteroatoms. The van der Waals surface area contributed by atoms with Crippen molar-refractivity contribution in [3.05, 3.63) is 29.8 Å². The number of hydrogen-bond acceptors (Lipinski definition) is 2. The molecule has 1 rings (SSSR count). The Bertz CT molecular complexity index is 373. The Hall–Kier alpha value is -1.16. The van der Waals surface area contributed by atoms with Gasteiger partial charge in [-0.3, -0.25) is 4.99 Å². The molecule has 0 heterocycles. The van der Waals surface area contributed by atoms with Crippen molar-refractivity contribution in [1.82, 2.24) is 10.2 Å². The maximum atomic E-state index is 4.28. The van der Waals surface area contributed by atoms with Crippen LogP contribution in [0, 0.1) is 0 Å². The summed E-state index contributed by atoms with van der Waals surface area (Å²) in [6, 6.07) is 8.68. The van der Waals surface area contributed by atoms with Crippen LogP contribution in [-0.4, -0.2) is 37.8 Å². The molecule has 0 spiro atoms. The van der Waals surface area contributed by atoms with Crippen molar-refractivity contribution in [1.29, 1.82) is 0 Å². The highest BCUT2D eigenvalue weighted by Crippen LogP contribution is 2.15. The van der Waals surface area contributed by atoms with E-state index in [4.69, 9.17) is 0 Å². The van der Waals surface area contributed by atoms with Gasteiger partial charge in [-0.05, 0) is 30.4 Å². The van der Waals surface area contributed by atoms with Gasteiger partial charge in [0.1, 0.15) is 0 Å². The van der Waals surface area contributed by atoms with E-state index >= 15 is 0 Å². The van der Waals surface area contributed by atoms with Crippen LogP contribution in [0.4, 0.5) is 0 Å². The van der Waals surface area contributed by atoms with E-state index in [0.717, 1.165) is 25.5 Å². The van der Waals surface area contributed by atoms with Crippen molar-refractivity contribution in [3.8, 4) is 0 Å². The predicted molar refractivity (Wildman–Crippen MR) is 81.3 cm³/mol. The molecular formula is C14H23N3S. The summed E-state index contributed by atoms with van der Waals surface area (Å²) < 4.78 is 0. The van der Waals surface area contributed by atoms with Crippen LogP contribution in [0.25, 0.3) is 0 Å². The third kappa shape index (κ3) is 4.61. The first-order valence-corrected chi connectivity index (χ1v) is 7.48. The van der Waals surface area contributed by atoms with Crippen LogP contribution in [0.2, 0.25) is 0 Å². The Kier molecular flexibility index (Phi) is 6.65. The summed E-state index contributed by atoms with van der Waals surface area (Å²) in [4.78, 5) is 7.73. The zero-order valence-electron chi connectivity index (χ0n) is 11.7. The first kappa shape index (κ1) is 14.9. The van der Waals surface area contributed by atoms with Gasteiger partial charge in [0.15, 0.2) is 5.96 Å². The second-order valence-electron chi connectivity index (χ2n) is 4.18. The van der Waals surface area contributed by atoms with Crippen molar-refractivity contribution >= 4 is 17.7 Å². The summed E-state index contributed by atoms with van der Waals surface area (Å²) in [7, 11) is 3.89. The average molecular weight is 265 g/mol. The molecule has 1 aromatic rings. The van der Waals surface area contributed by atoms with Crippen molar-refractivity contribution in [2.75, 3.05) is 26.9 Å². The van der Waals surface area contributed by atoms with Crippen molar-refractivity contribution in [2.45, 2.75) is 24.8 Å². The lowest BCUT2D eigenvalue weighted by molar-refractivity contribution is 0.476. The van der Waals surface area contributed by atoms with Gasteiger partial charge in [0, 0.05) is 32.1 Å². The number of nitrogens with zero attached hydrogens (tertiary/aromatic N) is 2. The maximum absolute atomic E-state index is 4.28. The molecule has 100 valence electrons. The second-order valence-corrected chi connectivity index (χ2v) is 5.06. The lowest BCUT2D eigenvalue weighted by Gasteiger charge is -2.22. The van der Waals surface area contributed by atoms with E-state index in [1.165, 1.54) is 10.5 Å². The van der Waals surface area contributed by atoms with Crippen LogP contribution in [0.1, 0.15) is 18.9 Å². The van der Waals surface area contributed by atoms with E-state index in [-0.39, 0.29) is 0 Å². The van der Waals surface area contributed by atoms with Crippen molar-refractivity contribution in [3.63, 3.8) is 0 Å². The van der Waals surface area contributed by atoms with Gasteiger partial charge in [-0.15, -0.1) is 11.8 Å². The molecular weight excluding hydrogens is 242 g/mol. The summed E-state index contributed by atoms with van der Waals surface area (Å²) >= 11 is 1.77. The van der Waals surface area contributed by atoms with E-state index in [1.807, 2.05) is 7.05 Å². The normalized spacial score (nSPS) is 11.4. The van der Waals surface area contributed by atoms with E-state index in [9.17, 15) is 0 Å². The molecule has 0 aliphatic rings. The fraction of sp³-hybridized carbons (Fsp3) is 0.500. The highest BCUT2D eigenvalue weighted by molar-refractivity contribution is 7.98. The highest BCUT2D eigenvalue weighted by atomic mass is 32.2. The largest absolute Gasteiger partial charge is 0.356 e. The van der Waals surface area contributed by atoms with Gasteiger partial charge in [-0.25, -0.2) is 0 Å². The van der Waals surface area contributed by atoms with Crippen LogP contribution >= 0.6 is 11.8 Å². The van der Waals surface area contributed by atoms with Gasteiger partial charge in [0.25, 0.3) is 0 Å². The van der Waals surface area contributed by atoms with Gasteiger partial charge >= 0.3 is 0 Å². The predicted octanol–water partition coefficient (Wildman–Crippen LogP) is 2.83. The third-order valence-corrected chi connectivity index (χ3v) is 3.43. The molecule has 0 radical (unpaired) electrons. The first-order chi connectivity index (χ1) is 8.71. The van der Waals surface area contributed by atoms with Gasteiger partial charge < -0.3 is 10.2 Å². The van der Waals surface area contributed by atoms with Crippen LogP contribution in [0.5, 0.6) is 0 Å². The molecule has 0 saturated heterocycles. The Labute approximate surface area is 115 Å². The number of aliphatic imine (C=N–C) groups is 1. The number of nitrogens with one attached hydrogen (secondary N) is 1. The van der Waals surface area contributed by atoms with Crippen LogP contribution in [0.15, 0.2) is 34.2 Å². The summed E-state index contributed by atoms with van der Waals surface area (Å²) in [5, 5.41) is 3.33. The molecule has 0 aliphatic heterocycles. The van der Waals surface area contributed by atoms with Gasteiger partial charge in [0.05, 0.1) is 0 Å². The van der Waals surface area contributed by atoms with Crippen molar-refractivity contribution < 1.29 is 0 Å². The SMILES string of the molecule is CCCNC(=NC)N(C)Cc1ccc(SC)cc1. The Morgan fingerprint density at radius 3 is 2.50 bits per heavy atom. The average Bonchev–Trinajstić information content (AvgIpc) is 2.40. The summed E-state index contributed by atoms with van der Waals surface area (Å²) in [5.74, 6) is 0.950. The van der Waals surface area contributed by atoms with Gasteiger partial charge in [0.2, 0.25) is 0 Å². The lowest BCUT2D eigenvalue weighted by Crippen LogP contribution is -2.38. The monoisotopic (exact) mass is 265 g/mol. The zero-order valence-corrected chi connectivity index (χ0v) is 12.5. The molecule has 0 bridgehead atoms. The lowest BCUT2D eigenvalue weighted by atomic mass is 10.2. The number of guanidine groups is 1. The quantitative estimate of drug-likeness (QED) is 0.504. The topological polar surface area (TPSA) is 27.6 Å². The third-order valence-electron chi connectivity index (χ3n) is 2.69. The van der Waals surface area contributed by atoms with Crippen molar-refractivity contribution in [2.24, 2.45) is 4.99 Å². The maximum Gasteiger partial charge on any atom is 0.193 e. The molecule has 0 saturated carbocycles.